The van der Waals surface area contributed by atoms with E-state index in [1.807, 2.05) is 6.20 Å². The van der Waals surface area contributed by atoms with E-state index >= 15 is 0 Å². The Labute approximate surface area is 166 Å². The second-order valence-corrected chi connectivity index (χ2v) is 7.95. The highest BCUT2D eigenvalue weighted by molar-refractivity contribution is 5.85. The van der Waals surface area contributed by atoms with Crippen LogP contribution >= 0.6 is 0 Å². The lowest BCUT2D eigenvalue weighted by Crippen LogP contribution is -2.40. The zero-order valence-corrected chi connectivity index (χ0v) is 16.5. The van der Waals surface area contributed by atoms with Gasteiger partial charge in [-0.25, -0.2) is 4.98 Å². The third kappa shape index (κ3) is 3.36. The molecule has 0 radical (unpaired) electrons. The number of pyridine rings is 1. The highest BCUT2D eigenvalue weighted by atomic mass is 16.7. The Morgan fingerprint density at radius 3 is 2.00 bits per heavy atom. The molecule has 1 aromatic rings. The van der Waals surface area contributed by atoms with Crippen LogP contribution in [0, 0.1) is 0 Å². The van der Waals surface area contributed by atoms with Gasteiger partial charge in [0.1, 0.15) is 18.2 Å². The van der Waals surface area contributed by atoms with Crippen molar-refractivity contribution in [1.82, 2.24) is 4.98 Å². The predicted octanol–water partition coefficient (Wildman–Crippen LogP) is 3.03. The van der Waals surface area contributed by atoms with Crippen molar-refractivity contribution in [1.29, 1.82) is 0 Å². The summed E-state index contributed by atoms with van der Waals surface area (Å²) < 4.78 is 17.1. The quantitative estimate of drug-likeness (QED) is 0.788. The molecule has 5 heterocycles. The summed E-state index contributed by atoms with van der Waals surface area (Å²) >= 11 is 0. The van der Waals surface area contributed by atoms with E-state index in [1.54, 1.807) is 12.5 Å². The molecular weight excluding hydrogens is 356 g/mol. The fraction of sp³-hybridized carbons (Fsp3) is 0.667. The summed E-state index contributed by atoms with van der Waals surface area (Å²) in [5.74, 6) is 1.10. The smallest absolute Gasteiger partial charge is 0.269 e. The van der Waals surface area contributed by atoms with Crippen LogP contribution in [0.5, 0.6) is 0 Å². The van der Waals surface area contributed by atoms with Gasteiger partial charge in [0.25, 0.3) is 6.29 Å². The van der Waals surface area contributed by atoms with Crippen LogP contribution in [0.25, 0.3) is 0 Å². The molecular formula is C21H30N4O3. The van der Waals surface area contributed by atoms with E-state index in [4.69, 9.17) is 19.2 Å². The van der Waals surface area contributed by atoms with Crippen molar-refractivity contribution in [2.45, 2.75) is 38.4 Å². The molecule has 0 saturated carbocycles. The Balaban J connectivity index is 1.63. The molecule has 4 aliphatic rings. The van der Waals surface area contributed by atoms with E-state index < -0.39 is 6.29 Å². The van der Waals surface area contributed by atoms with Crippen molar-refractivity contribution >= 4 is 17.2 Å². The van der Waals surface area contributed by atoms with Crippen LogP contribution in [0.2, 0.25) is 0 Å². The molecule has 4 aliphatic heterocycles. The number of piperidine rings is 1. The van der Waals surface area contributed by atoms with Gasteiger partial charge in [-0.2, -0.15) is 0 Å². The number of aromatic nitrogens is 1. The number of morpholine rings is 1. The van der Waals surface area contributed by atoms with Crippen molar-refractivity contribution in [3.8, 4) is 0 Å². The van der Waals surface area contributed by atoms with E-state index in [1.165, 1.54) is 43.5 Å². The van der Waals surface area contributed by atoms with Crippen LogP contribution in [-0.4, -0.2) is 57.5 Å². The molecule has 5 rings (SSSR count). The van der Waals surface area contributed by atoms with Crippen molar-refractivity contribution < 1.29 is 14.2 Å². The van der Waals surface area contributed by atoms with E-state index in [0.29, 0.717) is 0 Å². The van der Waals surface area contributed by atoms with Crippen molar-refractivity contribution in [2.24, 2.45) is 0 Å². The Morgan fingerprint density at radius 2 is 1.32 bits per heavy atom. The maximum atomic E-state index is 5.75. The van der Waals surface area contributed by atoms with Gasteiger partial charge in [-0.1, -0.05) is 0 Å². The molecule has 0 unspecified atom stereocenters. The van der Waals surface area contributed by atoms with E-state index in [2.05, 4.69) is 14.7 Å². The predicted molar refractivity (Wildman–Crippen MR) is 109 cm³/mol. The topological polar surface area (TPSA) is 50.3 Å². The van der Waals surface area contributed by atoms with Gasteiger partial charge in [0.15, 0.2) is 5.82 Å². The first kappa shape index (κ1) is 17.9. The summed E-state index contributed by atoms with van der Waals surface area (Å²) in [7, 11) is 0. The lowest BCUT2D eigenvalue weighted by molar-refractivity contribution is -0.0244. The van der Waals surface area contributed by atoms with Crippen molar-refractivity contribution in [2.75, 3.05) is 67.2 Å². The van der Waals surface area contributed by atoms with Crippen LogP contribution in [-0.2, 0) is 14.2 Å². The molecule has 0 aliphatic carbocycles. The molecule has 0 bridgehead atoms. The van der Waals surface area contributed by atoms with Crippen molar-refractivity contribution in [3.05, 3.63) is 24.3 Å². The van der Waals surface area contributed by atoms with E-state index in [9.17, 15) is 0 Å². The second kappa shape index (κ2) is 8.07. The summed E-state index contributed by atoms with van der Waals surface area (Å²) in [6.07, 6.45) is 11.1. The first-order chi connectivity index (χ1) is 13.9. The molecule has 1 aromatic heterocycles. The number of hydrogen-bond donors (Lipinski definition) is 0. The zero-order valence-electron chi connectivity index (χ0n) is 16.5. The van der Waals surface area contributed by atoms with Crippen LogP contribution < -0.4 is 14.7 Å². The third-order valence-corrected chi connectivity index (χ3v) is 6.15. The SMILES string of the molecule is C1=COC(c2cnc(N3CCOCC3)c(N3CCCCC3)c2N2CCCC2)O1. The van der Waals surface area contributed by atoms with Gasteiger partial charge in [0.05, 0.1) is 24.5 Å². The first-order valence-electron chi connectivity index (χ1n) is 10.7. The Morgan fingerprint density at radius 1 is 0.714 bits per heavy atom. The second-order valence-electron chi connectivity index (χ2n) is 7.95. The number of ether oxygens (including phenoxy) is 3. The molecule has 7 heteroatoms. The fourth-order valence-electron chi connectivity index (χ4n) is 4.74. The fourth-order valence-corrected chi connectivity index (χ4v) is 4.74. The first-order valence-corrected chi connectivity index (χ1v) is 10.7. The number of rotatable bonds is 4. The standard InChI is InChI=1S/C21H30N4O3/c1-2-6-24(7-3-1)19-18(23-8-4-5-9-23)17(21-27-14-15-28-21)16-22-20(19)25-10-12-26-13-11-25/h14-16,21H,1-13H2. The molecule has 0 N–H and O–H groups in total. The van der Waals surface area contributed by atoms with Gasteiger partial charge < -0.3 is 28.9 Å². The highest BCUT2D eigenvalue weighted by Crippen LogP contribution is 2.45. The van der Waals surface area contributed by atoms with Crippen LogP contribution in [0.15, 0.2) is 18.7 Å². The summed E-state index contributed by atoms with van der Waals surface area (Å²) in [6.45, 7) is 7.67. The van der Waals surface area contributed by atoms with Crippen LogP contribution in [0.4, 0.5) is 17.2 Å². The molecule has 28 heavy (non-hydrogen) atoms. The lowest BCUT2D eigenvalue weighted by Gasteiger charge is -2.39. The van der Waals surface area contributed by atoms with Gasteiger partial charge >= 0.3 is 0 Å². The van der Waals surface area contributed by atoms with Gasteiger partial charge in [-0.05, 0) is 32.1 Å². The molecule has 0 spiro atoms. The lowest BCUT2D eigenvalue weighted by atomic mass is 10.1. The van der Waals surface area contributed by atoms with Gasteiger partial charge in [0.2, 0.25) is 0 Å². The molecule has 7 nitrogen and oxygen atoms in total. The molecule has 0 atom stereocenters. The van der Waals surface area contributed by atoms with Gasteiger partial charge in [-0.3, -0.25) is 0 Å². The minimum atomic E-state index is -0.398. The average Bonchev–Trinajstić information content (AvgIpc) is 3.48. The minimum Gasteiger partial charge on any atom is -0.455 e. The van der Waals surface area contributed by atoms with Crippen LogP contribution in [0.1, 0.15) is 44.0 Å². The largest absolute Gasteiger partial charge is 0.455 e. The number of nitrogens with zero attached hydrogens (tertiary/aromatic N) is 4. The van der Waals surface area contributed by atoms with Gasteiger partial charge in [-0.15, -0.1) is 0 Å². The summed E-state index contributed by atoms with van der Waals surface area (Å²) in [5.41, 5.74) is 3.59. The summed E-state index contributed by atoms with van der Waals surface area (Å²) in [4.78, 5) is 12.4. The van der Waals surface area contributed by atoms with E-state index in [-0.39, 0.29) is 0 Å². The minimum absolute atomic E-state index is 0.398. The molecule has 3 saturated heterocycles. The normalized spacial score (nSPS) is 23.2. The monoisotopic (exact) mass is 386 g/mol. The Hall–Kier alpha value is -2.15. The van der Waals surface area contributed by atoms with E-state index in [0.717, 1.165) is 63.9 Å². The number of anilines is 3. The summed E-state index contributed by atoms with van der Waals surface area (Å²) in [5, 5.41) is 0. The maximum Gasteiger partial charge on any atom is 0.269 e. The molecule has 0 amide bonds. The number of hydrogen-bond acceptors (Lipinski definition) is 7. The van der Waals surface area contributed by atoms with Crippen molar-refractivity contribution in [3.63, 3.8) is 0 Å². The molecule has 152 valence electrons. The average molecular weight is 386 g/mol. The maximum absolute atomic E-state index is 5.75. The molecule has 0 aromatic carbocycles. The van der Waals surface area contributed by atoms with Gasteiger partial charge in [0, 0.05) is 45.5 Å². The zero-order chi connectivity index (χ0) is 18.8. The van der Waals surface area contributed by atoms with Crippen LogP contribution in [0.3, 0.4) is 0 Å². The highest BCUT2D eigenvalue weighted by Gasteiger charge is 2.33. The Kier molecular flexibility index (Phi) is 5.16. The molecule has 3 fully saturated rings. The third-order valence-electron chi connectivity index (χ3n) is 6.15. The Bertz CT molecular complexity index is 700. The summed E-state index contributed by atoms with van der Waals surface area (Å²) in [6, 6.07) is 0.